The quantitative estimate of drug-likeness (QED) is 0.745. The summed E-state index contributed by atoms with van der Waals surface area (Å²) < 4.78 is 27.4. The molecule has 2 saturated heterocycles. The van der Waals surface area contributed by atoms with E-state index in [0.717, 1.165) is 6.42 Å². The third-order valence-electron chi connectivity index (χ3n) is 3.02. The van der Waals surface area contributed by atoms with Gasteiger partial charge in [0.15, 0.2) is 0 Å². The van der Waals surface area contributed by atoms with Gasteiger partial charge in [0, 0.05) is 0 Å². The smallest absolute Gasteiger partial charge is 0.407 e. The van der Waals surface area contributed by atoms with Crippen molar-refractivity contribution in [3.63, 3.8) is 0 Å². The molecular formula is C9H15NO4S. The van der Waals surface area contributed by atoms with E-state index in [9.17, 15) is 13.2 Å². The first-order chi connectivity index (χ1) is 7.05. The molecule has 15 heavy (non-hydrogen) atoms. The molecule has 2 aliphatic heterocycles. The molecule has 0 saturated carbocycles. The van der Waals surface area contributed by atoms with E-state index < -0.39 is 9.84 Å². The van der Waals surface area contributed by atoms with Gasteiger partial charge >= 0.3 is 6.09 Å². The fraction of sp³-hybridized carbons (Fsp3) is 0.889. The van der Waals surface area contributed by atoms with E-state index in [1.165, 1.54) is 0 Å². The Kier molecular flexibility index (Phi) is 2.86. The first-order valence-electron chi connectivity index (χ1n) is 5.20. The van der Waals surface area contributed by atoms with Gasteiger partial charge in [-0.05, 0) is 25.2 Å². The Labute approximate surface area is 89.1 Å². The van der Waals surface area contributed by atoms with Crippen LogP contribution in [0.2, 0.25) is 0 Å². The molecule has 0 aromatic heterocycles. The first-order valence-corrected chi connectivity index (χ1v) is 7.02. The SMILES string of the molecule is O=C1NCC(CC2CCS(=O)(=O)CC2)O1. The minimum Gasteiger partial charge on any atom is -0.444 e. The summed E-state index contributed by atoms with van der Waals surface area (Å²) in [6.45, 7) is 0.558. The number of carbonyl (C=O) groups excluding carboxylic acids is 1. The number of alkyl carbamates (subject to hydrolysis) is 1. The molecule has 0 aliphatic carbocycles. The van der Waals surface area contributed by atoms with Crippen molar-refractivity contribution >= 4 is 15.9 Å². The number of nitrogens with one attached hydrogen (secondary N) is 1. The second kappa shape index (κ2) is 4.00. The average molecular weight is 233 g/mol. The minimum atomic E-state index is -2.78. The van der Waals surface area contributed by atoms with Crippen LogP contribution < -0.4 is 5.32 Å². The lowest BCUT2D eigenvalue weighted by molar-refractivity contribution is 0.123. The van der Waals surface area contributed by atoms with Crippen molar-refractivity contribution in [1.29, 1.82) is 0 Å². The van der Waals surface area contributed by atoms with Gasteiger partial charge in [-0.1, -0.05) is 0 Å². The highest BCUT2D eigenvalue weighted by atomic mass is 32.2. The Balaban J connectivity index is 1.80. The van der Waals surface area contributed by atoms with Gasteiger partial charge in [0.05, 0.1) is 18.1 Å². The standard InChI is InChI=1S/C9H15NO4S/c11-9-10-6-8(14-9)5-7-1-3-15(12,13)4-2-7/h7-8H,1-6H2,(H,10,11). The molecule has 1 unspecified atom stereocenters. The van der Waals surface area contributed by atoms with Crippen LogP contribution in [0.3, 0.4) is 0 Å². The normalized spacial score (nSPS) is 30.9. The van der Waals surface area contributed by atoms with Crippen molar-refractivity contribution < 1.29 is 17.9 Å². The van der Waals surface area contributed by atoms with Gasteiger partial charge < -0.3 is 10.1 Å². The van der Waals surface area contributed by atoms with Crippen molar-refractivity contribution in [2.75, 3.05) is 18.1 Å². The van der Waals surface area contributed by atoms with Crippen LogP contribution in [-0.2, 0) is 14.6 Å². The van der Waals surface area contributed by atoms with Crippen LogP contribution in [-0.4, -0.2) is 38.7 Å². The molecule has 2 heterocycles. The molecule has 1 atom stereocenters. The molecule has 0 bridgehead atoms. The molecule has 2 rings (SSSR count). The number of amides is 1. The van der Waals surface area contributed by atoms with E-state index in [1.54, 1.807) is 0 Å². The van der Waals surface area contributed by atoms with E-state index in [0.29, 0.717) is 25.3 Å². The van der Waals surface area contributed by atoms with Crippen molar-refractivity contribution in [1.82, 2.24) is 5.32 Å². The van der Waals surface area contributed by atoms with Crippen LogP contribution in [0, 0.1) is 5.92 Å². The third-order valence-corrected chi connectivity index (χ3v) is 4.73. The van der Waals surface area contributed by atoms with Crippen molar-refractivity contribution in [3.05, 3.63) is 0 Å². The predicted octanol–water partition coefficient (Wildman–Crippen LogP) is 0.310. The Bertz CT molecular complexity index is 337. The van der Waals surface area contributed by atoms with Gasteiger partial charge in [-0.3, -0.25) is 0 Å². The van der Waals surface area contributed by atoms with Crippen molar-refractivity contribution in [3.8, 4) is 0 Å². The fourth-order valence-electron chi connectivity index (χ4n) is 2.11. The zero-order valence-electron chi connectivity index (χ0n) is 8.44. The Morgan fingerprint density at radius 3 is 2.53 bits per heavy atom. The number of carbonyl (C=O) groups is 1. The maximum atomic E-state index is 11.2. The second-order valence-corrected chi connectivity index (χ2v) is 6.54. The van der Waals surface area contributed by atoms with Crippen molar-refractivity contribution in [2.45, 2.75) is 25.4 Å². The number of ether oxygens (including phenoxy) is 1. The van der Waals surface area contributed by atoms with Crippen LogP contribution in [0.5, 0.6) is 0 Å². The number of sulfone groups is 1. The Morgan fingerprint density at radius 2 is 2.00 bits per heavy atom. The van der Waals surface area contributed by atoms with E-state index in [4.69, 9.17) is 4.74 Å². The van der Waals surface area contributed by atoms with E-state index >= 15 is 0 Å². The van der Waals surface area contributed by atoms with Crippen LogP contribution >= 0.6 is 0 Å². The van der Waals surface area contributed by atoms with E-state index in [1.807, 2.05) is 0 Å². The molecule has 0 aromatic carbocycles. The highest BCUT2D eigenvalue weighted by molar-refractivity contribution is 7.91. The van der Waals surface area contributed by atoms with Gasteiger partial charge in [-0.25, -0.2) is 13.2 Å². The van der Waals surface area contributed by atoms with Crippen LogP contribution in [0.4, 0.5) is 4.79 Å². The number of hydrogen-bond acceptors (Lipinski definition) is 4. The molecular weight excluding hydrogens is 218 g/mol. The molecule has 6 heteroatoms. The maximum absolute atomic E-state index is 11.2. The summed E-state index contributed by atoms with van der Waals surface area (Å²) in [7, 11) is -2.78. The van der Waals surface area contributed by atoms with Crippen LogP contribution in [0.15, 0.2) is 0 Å². The highest BCUT2D eigenvalue weighted by Crippen LogP contribution is 2.24. The van der Waals surface area contributed by atoms with Gasteiger partial charge in [0.25, 0.3) is 0 Å². The lowest BCUT2D eigenvalue weighted by atomic mass is 9.96. The Hall–Kier alpha value is -0.780. The molecule has 86 valence electrons. The molecule has 0 radical (unpaired) electrons. The third kappa shape index (κ3) is 2.84. The van der Waals surface area contributed by atoms with Gasteiger partial charge in [0.2, 0.25) is 0 Å². The lowest BCUT2D eigenvalue weighted by Gasteiger charge is -2.23. The van der Waals surface area contributed by atoms with Crippen LogP contribution in [0.25, 0.3) is 0 Å². The molecule has 1 amide bonds. The second-order valence-electron chi connectivity index (χ2n) is 4.24. The topological polar surface area (TPSA) is 72.5 Å². The largest absolute Gasteiger partial charge is 0.444 e. The maximum Gasteiger partial charge on any atom is 0.407 e. The average Bonchev–Trinajstić information content (AvgIpc) is 2.55. The molecule has 0 spiro atoms. The number of cyclic esters (lactones) is 1. The molecule has 1 N–H and O–H groups in total. The molecule has 2 aliphatic rings. The summed E-state index contributed by atoms with van der Waals surface area (Å²) in [6, 6.07) is 0. The van der Waals surface area contributed by atoms with E-state index in [-0.39, 0.29) is 23.7 Å². The summed E-state index contributed by atoms with van der Waals surface area (Å²) in [5.41, 5.74) is 0. The first kappa shape index (κ1) is 10.7. The summed E-state index contributed by atoms with van der Waals surface area (Å²) >= 11 is 0. The molecule has 0 aromatic rings. The number of hydrogen-bond donors (Lipinski definition) is 1. The minimum absolute atomic E-state index is 0.0664. The summed E-state index contributed by atoms with van der Waals surface area (Å²) in [5, 5.41) is 2.60. The lowest BCUT2D eigenvalue weighted by Crippen LogP contribution is -2.27. The molecule has 2 fully saturated rings. The highest BCUT2D eigenvalue weighted by Gasteiger charge is 2.29. The van der Waals surface area contributed by atoms with Gasteiger partial charge in [0.1, 0.15) is 15.9 Å². The molecule has 5 nitrogen and oxygen atoms in total. The predicted molar refractivity (Wildman–Crippen MR) is 54.3 cm³/mol. The fourth-order valence-corrected chi connectivity index (χ4v) is 3.70. The summed E-state index contributed by atoms with van der Waals surface area (Å²) in [6.07, 6.45) is 1.77. The van der Waals surface area contributed by atoms with Crippen LogP contribution in [0.1, 0.15) is 19.3 Å². The Morgan fingerprint density at radius 1 is 1.33 bits per heavy atom. The monoisotopic (exact) mass is 233 g/mol. The van der Waals surface area contributed by atoms with Crippen molar-refractivity contribution in [2.24, 2.45) is 5.92 Å². The zero-order valence-corrected chi connectivity index (χ0v) is 9.26. The number of rotatable bonds is 2. The summed E-state index contributed by atoms with van der Waals surface area (Å²) in [4.78, 5) is 10.8. The zero-order chi connectivity index (χ0) is 10.9. The van der Waals surface area contributed by atoms with Gasteiger partial charge in [-0.15, -0.1) is 0 Å². The van der Waals surface area contributed by atoms with E-state index in [2.05, 4.69) is 5.32 Å². The summed E-state index contributed by atoms with van der Waals surface area (Å²) in [5.74, 6) is 0.948. The van der Waals surface area contributed by atoms with Gasteiger partial charge in [-0.2, -0.15) is 0 Å².